The van der Waals surface area contributed by atoms with Crippen LogP contribution in [0.5, 0.6) is 0 Å². The van der Waals surface area contributed by atoms with Crippen LogP contribution < -0.4 is 0 Å². The molecule has 0 saturated carbocycles. The first-order chi connectivity index (χ1) is 9.75. The van der Waals surface area contributed by atoms with Gasteiger partial charge in [0.25, 0.3) is 5.91 Å². The third-order valence-electron chi connectivity index (χ3n) is 3.32. The van der Waals surface area contributed by atoms with Crippen molar-refractivity contribution >= 4 is 16.8 Å². The summed E-state index contributed by atoms with van der Waals surface area (Å²) in [5.74, 6) is -0.0105. The van der Waals surface area contributed by atoms with Crippen molar-refractivity contribution in [1.29, 1.82) is 0 Å². The molecule has 0 aliphatic heterocycles. The summed E-state index contributed by atoms with van der Waals surface area (Å²) in [7, 11) is 1.81. The summed E-state index contributed by atoms with van der Waals surface area (Å²) in [5.41, 5.74) is 2.55. The maximum Gasteiger partial charge on any atom is 0.256 e. The van der Waals surface area contributed by atoms with E-state index in [-0.39, 0.29) is 5.91 Å². The van der Waals surface area contributed by atoms with Crippen LogP contribution >= 0.6 is 0 Å². The van der Waals surface area contributed by atoms with E-state index in [4.69, 9.17) is 0 Å². The summed E-state index contributed by atoms with van der Waals surface area (Å²) < 4.78 is 0. The number of H-pyrrole nitrogens is 1. The van der Waals surface area contributed by atoms with Crippen molar-refractivity contribution in [3.8, 4) is 0 Å². The Bertz CT molecular complexity index is 734. The quantitative estimate of drug-likeness (QED) is 0.791. The Labute approximate surface area is 117 Å². The lowest BCUT2D eigenvalue weighted by molar-refractivity contribution is 0.0787. The molecule has 1 heterocycles. The molecule has 1 N–H and O–H groups in total. The van der Waals surface area contributed by atoms with E-state index < -0.39 is 0 Å². The van der Waals surface area contributed by atoms with E-state index in [1.54, 1.807) is 11.1 Å². The van der Waals surface area contributed by atoms with Crippen LogP contribution in [-0.4, -0.2) is 28.1 Å². The van der Waals surface area contributed by atoms with Crippen molar-refractivity contribution in [2.45, 2.75) is 6.54 Å². The highest BCUT2D eigenvalue weighted by Crippen LogP contribution is 2.17. The van der Waals surface area contributed by atoms with Gasteiger partial charge in [0.15, 0.2) is 0 Å². The number of benzene rings is 2. The highest BCUT2D eigenvalue weighted by Gasteiger charge is 2.15. The summed E-state index contributed by atoms with van der Waals surface area (Å²) in [5, 5.41) is 7.83. The third-order valence-corrected chi connectivity index (χ3v) is 3.32. The summed E-state index contributed by atoms with van der Waals surface area (Å²) >= 11 is 0. The molecule has 100 valence electrons. The number of nitrogens with zero attached hydrogens (tertiary/aromatic N) is 2. The minimum atomic E-state index is -0.0105. The van der Waals surface area contributed by atoms with Crippen molar-refractivity contribution in [2.24, 2.45) is 0 Å². The van der Waals surface area contributed by atoms with Gasteiger partial charge >= 0.3 is 0 Å². The van der Waals surface area contributed by atoms with E-state index in [0.717, 1.165) is 16.5 Å². The van der Waals surface area contributed by atoms with Crippen LogP contribution in [0.15, 0.2) is 54.7 Å². The number of para-hydroxylation sites is 1. The second kappa shape index (κ2) is 5.17. The number of carbonyl (C=O) groups is 1. The highest BCUT2D eigenvalue weighted by molar-refractivity contribution is 6.05. The fraction of sp³-hybridized carbons (Fsp3) is 0.125. The lowest BCUT2D eigenvalue weighted by Crippen LogP contribution is -2.26. The van der Waals surface area contributed by atoms with E-state index in [0.29, 0.717) is 12.1 Å². The van der Waals surface area contributed by atoms with Crippen LogP contribution in [0.2, 0.25) is 0 Å². The number of rotatable bonds is 3. The fourth-order valence-electron chi connectivity index (χ4n) is 2.28. The Morgan fingerprint density at radius 2 is 1.95 bits per heavy atom. The number of nitrogens with one attached hydrogen (secondary N) is 1. The molecule has 0 bridgehead atoms. The van der Waals surface area contributed by atoms with Crippen LogP contribution in [-0.2, 0) is 6.54 Å². The first-order valence-corrected chi connectivity index (χ1v) is 6.47. The van der Waals surface area contributed by atoms with Gasteiger partial charge in [0.1, 0.15) is 0 Å². The number of hydrogen-bond donors (Lipinski definition) is 1. The monoisotopic (exact) mass is 265 g/mol. The zero-order chi connectivity index (χ0) is 13.9. The maximum atomic E-state index is 12.5. The van der Waals surface area contributed by atoms with E-state index in [1.165, 1.54) is 0 Å². The van der Waals surface area contributed by atoms with Gasteiger partial charge in [-0.2, -0.15) is 5.10 Å². The second-order valence-corrected chi connectivity index (χ2v) is 4.79. The van der Waals surface area contributed by atoms with Crippen molar-refractivity contribution in [3.05, 3.63) is 65.9 Å². The average molecular weight is 265 g/mol. The maximum absolute atomic E-state index is 12.5. The lowest BCUT2D eigenvalue weighted by atomic mass is 10.1. The predicted molar refractivity (Wildman–Crippen MR) is 78.3 cm³/mol. The molecule has 4 heteroatoms. The Balaban J connectivity index is 1.87. The molecule has 2 aromatic carbocycles. The van der Waals surface area contributed by atoms with E-state index in [9.17, 15) is 4.79 Å². The van der Waals surface area contributed by atoms with Gasteiger partial charge in [-0.25, -0.2) is 0 Å². The van der Waals surface area contributed by atoms with E-state index in [2.05, 4.69) is 10.2 Å². The number of hydrogen-bond acceptors (Lipinski definition) is 2. The van der Waals surface area contributed by atoms with Gasteiger partial charge in [0.2, 0.25) is 0 Å². The van der Waals surface area contributed by atoms with Gasteiger partial charge < -0.3 is 4.90 Å². The SMILES string of the molecule is CN(Cc1ccccc1)C(=O)c1cccc2cn[nH]c12. The molecule has 0 fully saturated rings. The molecule has 0 aliphatic carbocycles. The minimum Gasteiger partial charge on any atom is -0.337 e. The van der Waals surface area contributed by atoms with Gasteiger partial charge in [0.05, 0.1) is 17.3 Å². The second-order valence-electron chi connectivity index (χ2n) is 4.79. The number of fused-ring (bicyclic) bond motifs is 1. The molecule has 4 nitrogen and oxygen atoms in total. The van der Waals surface area contributed by atoms with Crippen LogP contribution in [0.1, 0.15) is 15.9 Å². The Morgan fingerprint density at radius 1 is 1.15 bits per heavy atom. The molecule has 0 aliphatic rings. The molecule has 0 radical (unpaired) electrons. The summed E-state index contributed by atoms with van der Waals surface area (Å²) in [6.45, 7) is 0.587. The number of aromatic nitrogens is 2. The van der Waals surface area contributed by atoms with Gasteiger partial charge in [-0.05, 0) is 11.6 Å². The standard InChI is InChI=1S/C16H15N3O/c1-19(11-12-6-3-2-4-7-12)16(20)14-9-5-8-13-10-17-18-15(13)14/h2-10H,11H2,1H3,(H,17,18). The molecule has 3 aromatic rings. The largest absolute Gasteiger partial charge is 0.337 e. The van der Waals surface area contributed by atoms with Gasteiger partial charge in [-0.1, -0.05) is 42.5 Å². The van der Waals surface area contributed by atoms with Crippen LogP contribution in [0.3, 0.4) is 0 Å². The molecule has 0 atom stereocenters. The summed E-state index contributed by atoms with van der Waals surface area (Å²) in [4.78, 5) is 14.3. The van der Waals surface area contributed by atoms with Gasteiger partial charge in [0, 0.05) is 19.0 Å². The van der Waals surface area contributed by atoms with Gasteiger partial charge in [-0.3, -0.25) is 9.89 Å². The van der Waals surface area contributed by atoms with Crippen molar-refractivity contribution in [2.75, 3.05) is 7.05 Å². The summed E-state index contributed by atoms with van der Waals surface area (Å²) in [6, 6.07) is 15.6. The molecular formula is C16H15N3O. The summed E-state index contributed by atoms with van der Waals surface area (Å²) in [6.07, 6.45) is 1.73. The smallest absolute Gasteiger partial charge is 0.256 e. The number of amides is 1. The van der Waals surface area contributed by atoms with Gasteiger partial charge in [-0.15, -0.1) is 0 Å². The molecular weight excluding hydrogens is 250 g/mol. The van der Waals surface area contributed by atoms with Crippen LogP contribution in [0, 0.1) is 0 Å². The highest BCUT2D eigenvalue weighted by atomic mass is 16.2. The number of carbonyl (C=O) groups excluding carboxylic acids is 1. The topological polar surface area (TPSA) is 49.0 Å². The molecule has 0 unspecified atom stereocenters. The fourth-order valence-corrected chi connectivity index (χ4v) is 2.28. The van der Waals surface area contributed by atoms with Crippen molar-refractivity contribution in [1.82, 2.24) is 15.1 Å². The zero-order valence-corrected chi connectivity index (χ0v) is 11.2. The average Bonchev–Trinajstić information content (AvgIpc) is 2.96. The molecule has 3 rings (SSSR count). The predicted octanol–water partition coefficient (Wildman–Crippen LogP) is 2.84. The first-order valence-electron chi connectivity index (χ1n) is 6.47. The molecule has 1 aromatic heterocycles. The Hall–Kier alpha value is -2.62. The number of aromatic amines is 1. The van der Waals surface area contributed by atoms with Crippen LogP contribution in [0.4, 0.5) is 0 Å². The first kappa shape index (κ1) is 12.4. The van der Waals surface area contributed by atoms with E-state index >= 15 is 0 Å². The zero-order valence-electron chi connectivity index (χ0n) is 11.2. The molecule has 0 spiro atoms. The Kier molecular flexibility index (Phi) is 3.21. The Morgan fingerprint density at radius 3 is 2.75 bits per heavy atom. The normalized spacial score (nSPS) is 10.7. The van der Waals surface area contributed by atoms with Crippen molar-refractivity contribution in [3.63, 3.8) is 0 Å². The van der Waals surface area contributed by atoms with Crippen molar-refractivity contribution < 1.29 is 4.79 Å². The van der Waals surface area contributed by atoms with E-state index in [1.807, 2.05) is 55.6 Å². The van der Waals surface area contributed by atoms with Crippen LogP contribution in [0.25, 0.3) is 10.9 Å². The molecule has 20 heavy (non-hydrogen) atoms. The lowest BCUT2D eigenvalue weighted by Gasteiger charge is -2.17. The third kappa shape index (κ3) is 2.28. The minimum absolute atomic E-state index is 0.0105. The molecule has 0 saturated heterocycles. The molecule has 1 amide bonds.